The molecule has 0 unspecified atom stereocenters. The summed E-state index contributed by atoms with van der Waals surface area (Å²) < 4.78 is 32.5. The molecule has 31 heavy (non-hydrogen) atoms. The first kappa shape index (κ1) is 22.0. The molecule has 1 fully saturated rings. The number of piperidine rings is 1. The van der Waals surface area contributed by atoms with Gasteiger partial charge in [0, 0.05) is 23.9 Å². The number of sulfonamides is 1. The molecule has 0 saturated carbocycles. The summed E-state index contributed by atoms with van der Waals surface area (Å²) in [5, 5.41) is 12.3. The first-order valence-electron chi connectivity index (χ1n) is 9.75. The number of thioether (sulfide) groups is 1. The number of nitrogens with zero attached hydrogens (tertiary/aromatic N) is 3. The van der Waals surface area contributed by atoms with Gasteiger partial charge in [0.05, 0.1) is 6.42 Å². The van der Waals surface area contributed by atoms with Crippen LogP contribution in [0.3, 0.4) is 0 Å². The lowest BCUT2D eigenvalue weighted by Crippen LogP contribution is -2.41. The van der Waals surface area contributed by atoms with Crippen LogP contribution in [0.25, 0.3) is 0 Å². The van der Waals surface area contributed by atoms with E-state index in [4.69, 9.17) is 4.42 Å². The summed E-state index contributed by atoms with van der Waals surface area (Å²) in [4.78, 5) is 13.8. The molecule has 0 radical (unpaired) electrons. The number of carbonyl (C=O) groups excluding carboxylic acids is 1. The van der Waals surface area contributed by atoms with Crippen molar-refractivity contribution >= 4 is 45.0 Å². The van der Waals surface area contributed by atoms with E-state index in [-0.39, 0.29) is 17.8 Å². The molecule has 1 aliphatic rings. The molecule has 1 aliphatic heterocycles. The van der Waals surface area contributed by atoms with Crippen LogP contribution >= 0.6 is 23.1 Å². The minimum Gasteiger partial charge on any atom is -0.407 e. The maximum Gasteiger partial charge on any atom is 0.322 e. The molecular formula is C20H22N4O4S3. The number of thiophene rings is 1. The van der Waals surface area contributed by atoms with E-state index in [1.54, 1.807) is 29.3 Å². The third-order valence-electron chi connectivity index (χ3n) is 5.13. The first-order chi connectivity index (χ1) is 15.0. The van der Waals surface area contributed by atoms with Crippen molar-refractivity contribution in [3.63, 3.8) is 0 Å². The number of hydrogen-bond donors (Lipinski definition) is 1. The number of carbonyl (C=O) groups is 1. The highest BCUT2D eigenvalue weighted by atomic mass is 32.2. The van der Waals surface area contributed by atoms with Crippen LogP contribution in [0, 0.1) is 5.92 Å². The lowest BCUT2D eigenvalue weighted by atomic mass is 9.97. The average Bonchev–Trinajstić information content (AvgIpc) is 3.47. The van der Waals surface area contributed by atoms with E-state index in [2.05, 4.69) is 15.5 Å². The second kappa shape index (κ2) is 9.51. The molecule has 1 amide bonds. The van der Waals surface area contributed by atoms with Gasteiger partial charge >= 0.3 is 6.01 Å². The Kier molecular flexibility index (Phi) is 6.75. The van der Waals surface area contributed by atoms with Crippen molar-refractivity contribution in [2.24, 2.45) is 5.92 Å². The van der Waals surface area contributed by atoms with Crippen molar-refractivity contribution < 1.29 is 17.6 Å². The van der Waals surface area contributed by atoms with E-state index < -0.39 is 10.0 Å². The van der Waals surface area contributed by atoms with Gasteiger partial charge in [-0.1, -0.05) is 23.3 Å². The van der Waals surface area contributed by atoms with Gasteiger partial charge in [-0.25, -0.2) is 8.42 Å². The summed E-state index contributed by atoms with van der Waals surface area (Å²) in [6.07, 6.45) is 3.39. The third-order valence-corrected chi connectivity index (χ3v) is 9.14. The number of benzene rings is 1. The quantitative estimate of drug-likeness (QED) is 0.518. The Morgan fingerprint density at radius 3 is 2.61 bits per heavy atom. The summed E-state index contributed by atoms with van der Waals surface area (Å²) in [5.74, 6) is -0.110. The molecule has 0 atom stereocenters. The summed E-state index contributed by atoms with van der Waals surface area (Å²) in [6, 6.07) is 11.5. The highest BCUT2D eigenvalue weighted by Crippen LogP contribution is 2.27. The summed E-state index contributed by atoms with van der Waals surface area (Å²) in [7, 11) is -3.48. The molecule has 1 saturated heterocycles. The second-order valence-electron chi connectivity index (χ2n) is 7.13. The van der Waals surface area contributed by atoms with E-state index in [0.29, 0.717) is 42.5 Å². The Hall–Kier alpha value is -2.21. The Balaban J connectivity index is 1.30. The number of aromatic nitrogens is 2. The predicted molar refractivity (Wildman–Crippen MR) is 120 cm³/mol. The van der Waals surface area contributed by atoms with Crippen LogP contribution in [0.5, 0.6) is 0 Å². The second-order valence-corrected chi connectivity index (χ2v) is 11.1. The maximum atomic E-state index is 12.6. The largest absolute Gasteiger partial charge is 0.407 e. The third kappa shape index (κ3) is 5.17. The van der Waals surface area contributed by atoms with Gasteiger partial charge in [-0.15, -0.1) is 28.2 Å². The fraction of sp³-hybridized carbons (Fsp3) is 0.350. The summed E-state index contributed by atoms with van der Waals surface area (Å²) in [5.41, 5.74) is 1.04. The van der Waals surface area contributed by atoms with Gasteiger partial charge in [0.15, 0.2) is 0 Å². The van der Waals surface area contributed by atoms with Crippen molar-refractivity contribution in [1.29, 1.82) is 0 Å². The van der Waals surface area contributed by atoms with Gasteiger partial charge in [0.2, 0.25) is 11.8 Å². The number of rotatable bonds is 7. The average molecular weight is 479 g/mol. The van der Waals surface area contributed by atoms with Crippen molar-refractivity contribution in [2.75, 3.05) is 24.7 Å². The molecule has 3 heterocycles. The zero-order valence-electron chi connectivity index (χ0n) is 16.9. The van der Waals surface area contributed by atoms with Gasteiger partial charge < -0.3 is 4.42 Å². The molecule has 0 aliphatic carbocycles. The molecule has 0 spiro atoms. The Labute approximate surface area is 189 Å². The molecule has 1 aromatic carbocycles. The van der Waals surface area contributed by atoms with Gasteiger partial charge in [0.25, 0.3) is 10.0 Å². The van der Waals surface area contributed by atoms with E-state index in [9.17, 15) is 13.2 Å². The minimum atomic E-state index is -3.48. The van der Waals surface area contributed by atoms with Crippen LogP contribution in [-0.4, -0.2) is 48.2 Å². The van der Waals surface area contributed by atoms with Crippen LogP contribution in [0.15, 0.2) is 55.3 Å². The molecular weight excluding hydrogens is 456 g/mol. The van der Waals surface area contributed by atoms with Crippen LogP contribution in [0.4, 0.5) is 6.01 Å². The highest BCUT2D eigenvalue weighted by Gasteiger charge is 2.33. The maximum absolute atomic E-state index is 12.6. The van der Waals surface area contributed by atoms with Crippen LogP contribution < -0.4 is 5.32 Å². The van der Waals surface area contributed by atoms with Gasteiger partial charge in [0.1, 0.15) is 4.21 Å². The van der Waals surface area contributed by atoms with Crippen LogP contribution in [-0.2, 0) is 21.2 Å². The normalized spacial score (nSPS) is 15.8. The standard InChI is InChI=1S/C20H22N4O4S3/c1-29-16-6-4-14(5-7-16)13-17-22-23-20(28-17)21-19(25)15-8-10-24(11-9-15)31(26,27)18-3-2-12-30-18/h2-7,12,15H,8-11,13H2,1H3,(H,21,23,25). The number of nitrogens with one attached hydrogen (secondary N) is 1. The van der Waals surface area contributed by atoms with E-state index in [1.807, 2.05) is 30.5 Å². The Morgan fingerprint density at radius 1 is 1.23 bits per heavy atom. The molecule has 1 N–H and O–H groups in total. The van der Waals surface area contributed by atoms with Crippen molar-refractivity contribution in [3.05, 3.63) is 53.2 Å². The molecule has 11 heteroatoms. The summed E-state index contributed by atoms with van der Waals surface area (Å²) in [6.45, 7) is 0.610. The predicted octanol–water partition coefficient (Wildman–Crippen LogP) is 3.48. The van der Waals surface area contributed by atoms with Crippen molar-refractivity contribution in [3.8, 4) is 0 Å². The van der Waals surface area contributed by atoms with E-state index in [1.165, 1.54) is 20.5 Å². The van der Waals surface area contributed by atoms with Crippen LogP contribution in [0.1, 0.15) is 24.3 Å². The molecule has 0 bridgehead atoms. The lowest BCUT2D eigenvalue weighted by molar-refractivity contribution is -0.121. The minimum absolute atomic E-state index is 0.0642. The Bertz CT molecular complexity index is 1120. The van der Waals surface area contributed by atoms with E-state index >= 15 is 0 Å². The Morgan fingerprint density at radius 2 is 1.97 bits per heavy atom. The molecule has 4 rings (SSSR count). The first-order valence-corrected chi connectivity index (χ1v) is 13.3. The number of hydrogen-bond acceptors (Lipinski definition) is 8. The highest BCUT2D eigenvalue weighted by molar-refractivity contribution is 7.98. The number of anilines is 1. The molecule has 3 aromatic rings. The van der Waals surface area contributed by atoms with E-state index in [0.717, 1.165) is 5.56 Å². The zero-order chi connectivity index (χ0) is 21.8. The van der Waals surface area contributed by atoms with Crippen molar-refractivity contribution in [1.82, 2.24) is 14.5 Å². The summed E-state index contributed by atoms with van der Waals surface area (Å²) >= 11 is 2.87. The van der Waals surface area contributed by atoms with Gasteiger partial charge in [-0.05, 0) is 48.2 Å². The topological polar surface area (TPSA) is 105 Å². The molecule has 2 aromatic heterocycles. The molecule has 164 valence electrons. The van der Waals surface area contributed by atoms with Gasteiger partial charge in [-0.3, -0.25) is 10.1 Å². The van der Waals surface area contributed by atoms with Crippen molar-refractivity contribution in [2.45, 2.75) is 28.4 Å². The lowest BCUT2D eigenvalue weighted by Gasteiger charge is -2.29. The monoisotopic (exact) mass is 478 g/mol. The SMILES string of the molecule is CSc1ccc(Cc2nnc(NC(=O)C3CCN(S(=O)(=O)c4cccs4)CC3)o2)cc1. The molecule has 8 nitrogen and oxygen atoms in total. The number of amides is 1. The van der Waals surface area contributed by atoms with Gasteiger partial charge in [-0.2, -0.15) is 4.31 Å². The zero-order valence-corrected chi connectivity index (χ0v) is 19.3. The van der Waals surface area contributed by atoms with Crippen LogP contribution in [0.2, 0.25) is 0 Å². The smallest absolute Gasteiger partial charge is 0.322 e. The fourth-order valence-corrected chi connectivity index (χ4v) is 6.42. The fourth-order valence-electron chi connectivity index (χ4n) is 3.40.